The van der Waals surface area contributed by atoms with Crippen molar-refractivity contribution in [1.29, 1.82) is 0 Å². The Morgan fingerprint density at radius 1 is 1.27 bits per heavy atom. The van der Waals surface area contributed by atoms with E-state index >= 15 is 0 Å². The van der Waals surface area contributed by atoms with Crippen molar-refractivity contribution in [2.24, 2.45) is 0 Å². The Morgan fingerprint density at radius 2 is 1.92 bits per heavy atom. The van der Waals surface area contributed by atoms with Crippen LogP contribution in [-0.2, 0) is 11.0 Å². The average molecular weight is 373 g/mol. The minimum atomic E-state index is -4.68. The molecule has 26 heavy (non-hydrogen) atoms. The molecule has 0 atom stereocenters. The van der Waals surface area contributed by atoms with Crippen LogP contribution in [0.1, 0.15) is 21.7 Å². The van der Waals surface area contributed by atoms with Gasteiger partial charge in [-0.2, -0.15) is 18.3 Å². The summed E-state index contributed by atoms with van der Waals surface area (Å²) in [5.41, 5.74) is -1.43. The Labute approximate surface area is 146 Å². The van der Waals surface area contributed by atoms with E-state index in [4.69, 9.17) is 5.11 Å². The highest BCUT2D eigenvalue weighted by Gasteiger charge is 2.36. The number of carbonyl (C=O) groups excluding carboxylic acids is 1. The number of aromatic nitrogens is 3. The molecule has 1 amide bonds. The van der Waals surface area contributed by atoms with Crippen molar-refractivity contribution >= 4 is 17.5 Å². The van der Waals surface area contributed by atoms with Crippen molar-refractivity contribution in [1.82, 2.24) is 24.4 Å². The van der Waals surface area contributed by atoms with E-state index in [1.807, 2.05) is 0 Å². The van der Waals surface area contributed by atoms with Gasteiger partial charge in [0, 0.05) is 18.8 Å². The molecule has 0 bridgehead atoms. The predicted octanol–water partition coefficient (Wildman–Crippen LogP) is 1.14. The SMILES string of the molecule is Cc1cc(C(F)(F)F)n2ncc(C(=O)N(CCN(C)C)CC(=O)O)c2n1. The lowest BCUT2D eigenvalue weighted by Gasteiger charge is -2.22. The molecule has 2 heterocycles. The maximum atomic E-state index is 13.2. The van der Waals surface area contributed by atoms with Gasteiger partial charge in [-0.3, -0.25) is 9.59 Å². The number of alkyl halides is 3. The van der Waals surface area contributed by atoms with Gasteiger partial charge in [0.15, 0.2) is 5.65 Å². The average Bonchev–Trinajstić information content (AvgIpc) is 2.91. The molecule has 0 aliphatic carbocycles. The zero-order chi connectivity index (χ0) is 19.6. The number of fused-ring (bicyclic) bond motifs is 1. The molecule has 0 aliphatic heterocycles. The molecule has 1 N–H and O–H groups in total. The zero-order valence-corrected chi connectivity index (χ0v) is 14.4. The second-order valence-electron chi connectivity index (χ2n) is 6.00. The standard InChI is InChI=1S/C15H18F3N5O3/c1-9-6-11(15(16,17)18)23-13(20-9)10(7-19-23)14(26)22(8-12(24)25)5-4-21(2)3/h6-7H,4-5,8H2,1-3H3,(H,24,25). The normalized spacial score (nSPS) is 12.0. The molecule has 0 radical (unpaired) electrons. The van der Waals surface area contributed by atoms with Crippen molar-refractivity contribution < 1.29 is 27.9 Å². The van der Waals surface area contributed by atoms with Gasteiger partial charge < -0.3 is 14.9 Å². The molecule has 2 rings (SSSR count). The van der Waals surface area contributed by atoms with Crippen LogP contribution in [0.3, 0.4) is 0 Å². The lowest BCUT2D eigenvalue weighted by Crippen LogP contribution is -2.40. The fraction of sp³-hybridized carbons (Fsp3) is 0.467. The molecule has 0 unspecified atom stereocenters. The number of rotatable bonds is 6. The monoisotopic (exact) mass is 373 g/mol. The first kappa shape index (κ1) is 19.6. The van der Waals surface area contributed by atoms with E-state index in [1.54, 1.807) is 19.0 Å². The Kier molecular flexibility index (Phi) is 5.50. The molecular formula is C15H18F3N5O3. The van der Waals surface area contributed by atoms with Gasteiger partial charge in [-0.05, 0) is 27.1 Å². The van der Waals surface area contributed by atoms with Gasteiger partial charge in [-0.25, -0.2) is 9.50 Å². The number of carboxylic acids is 1. The maximum Gasteiger partial charge on any atom is 0.433 e. The van der Waals surface area contributed by atoms with Gasteiger partial charge in [0.25, 0.3) is 5.91 Å². The van der Waals surface area contributed by atoms with Gasteiger partial charge in [-0.15, -0.1) is 0 Å². The fourth-order valence-electron chi connectivity index (χ4n) is 2.34. The molecule has 0 fully saturated rings. The number of halogens is 3. The highest BCUT2D eigenvalue weighted by atomic mass is 19.4. The number of carboxylic acid groups (broad SMARTS) is 1. The fourth-order valence-corrected chi connectivity index (χ4v) is 2.34. The molecule has 0 saturated heterocycles. The number of aliphatic carboxylic acids is 1. The molecular weight excluding hydrogens is 355 g/mol. The predicted molar refractivity (Wildman–Crippen MR) is 84.8 cm³/mol. The highest BCUT2D eigenvalue weighted by molar-refractivity contribution is 6.00. The quantitative estimate of drug-likeness (QED) is 0.817. The summed E-state index contributed by atoms with van der Waals surface area (Å²) in [4.78, 5) is 30.5. The molecule has 2 aromatic rings. The summed E-state index contributed by atoms with van der Waals surface area (Å²) in [5.74, 6) is -1.97. The molecule has 11 heteroatoms. The molecule has 0 aliphatic rings. The number of aryl methyl sites for hydroxylation is 1. The van der Waals surface area contributed by atoms with Crippen molar-refractivity contribution in [3.8, 4) is 0 Å². The minimum absolute atomic E-state index is 0.0671. The van der Waals surface area contributed by atoms with Crippen molar-refractivity contribution in [3.63, 3.8) is 0 Å². The first-order chi connectivity index (χ1) is 12.0. The van der Waals surface area contributed by atoms with Gasteiger partial charge in [-0.1, -0.05) is 0 Å². The molecule has 142 valence electrons. The van der Waals surface area contributed by atoms with Crippen LogP contribution in [0.2, 0.25) is 0 Å². The second kappa shape index (κ2) is 7.28. The van der Waals surface area contributed by atoms with E-state index in [-0.39, 0.29) is 23.4 Å². The first-order valence-corrected chi connectivity index (χ1v) is 7.59. The Balaban J connectivity index is 2.48. The number of nitrogens with zero attached hydrogens (tertiary/aromatic N) is 5. The lowest BCUT2D eigenvalue weighted by molar-refractivity contribution is -0.142. The largest absolute Gasteiger partial charge is 0.480 e. The first-order valence-electron chi connectivity index (χ1n) is 7.59. The molecule has 2 aromatic heterocycles. The van der Waals surface area contributed by atoms with E-state index in [2.05, 4.69) is 10.1 Å². The van der Waals surface area contributed by atoms with Crippen LogP contribution in [0.25, 0.3) is 5.65 Å². The topological polar surface area (TPSA) is 91.0 Å². The number of amides is 1. The molecule has 0 saturated carbocycles. The van der Waals surface area contributed by atoms with Crippen molar-refractivity contribution in [2.45, 2.75) is 13.1 Å². The Hall–Kier alpha value is -2.69. The molecule has 0 aromatic carbocycles. The van der Waals surface area contributed by atoms with E-state index in [9.17, 15) is 22.8 Å². The summed E-state index contributed by atoms with van der Waals surface area (Å²) in [6.07, 6.45) is -3.70. The van der Waals surface area contributed by atoms with Crippen LogP contribution in [0.4, 0.5) is 13.2 Å². The second-order valence-corrected chi connectivity index (χ2v) is 6.00. The maximum absolute atomic E-state index is 13.2. The van der Waals surface area contributed by atoms with E-state index in [1.165, 1.54) is 6.92 Å². The smallest absolute Gasteiger partial charge is 0.433 e. The minimum Gasteiger partial charge on any atom is -0.480 e. The van der Waals surface area contributed by atoms with Crippen LogP contribution < -0.4 is 0 Å². The lowest BCUT2D eigenvalue weighted by atomic mass is 10.2. The summed E-state index contributed by atoms with van der Waals surface area (Å²) in [7, 11) is 3.50. The third-order valence-electron chi connectivity index (χ3n) is 3.55. The van der Waals surface area contributed by atoms with Gasteiger partial charge in [0.05, 0.1) is 6.20 Å². The van der Waals surface area contributed by atoms with Gasteiger partial charge in [0.2, 0.25) is 0 Å². The van der Waals surface area contributed by atoms with Crippen molar-refractivity contribution in [3.05, 3.63) is 29.2 Å². The van der Waals surface area contributed by atoms with Gasteiger partial charge >= 0.3 is 12.1 Å². The summed E-state index contributed by atoms with van der Waals surface area (Å²) in [5, 5.41) is 12.6. The highest BCUT2D eigenvalue weighted by Crippen LogP contribution is 2.30. The number of likely N-dealkylation sites (N-methyl/N-ethyl adjacent to an activating group) is 1. The molecule has 8 nitrogen and oxygen atoms in total. The summed E-state index contributed by atoms with van der Waals surface area (Å²) in [6.45, 7) is 1.27. The molecule has 0 spiro atoms. The van der Waals surface area contributed by atoms with E-state index < -0.39 is 30.3 Å². The van der Waals surface area contributed by atoms with Crippen molar-refractivity contribution in [2.75, 3.05) is 33.7 Å². The van der Waals surface area contributed by atoms with E-state index in [0.717, 1.165) is 17.2 Å². The summed E-state index contributed by atoms with van der Waals surface area (Å²) < 4.78 is 40.1. The van der Waals surface area contributed by atoms with E-state index in [0.29, 0.717) is 11.1 Å². The zero-order valence-electron chi connectivity index (χ0n) is 14.4. The van der Waals surface area contributed by atoms with Crippen LogP contribution >= 0.6 is 0 Å². The van der Waals surface area contributed by atoms with Crippen LogP contribution in [0.5, 0.6) is 0 Å². The third kappa shape index (κ3) is 4.28. The Morgan fingerprint density at radius 3 is 2.46 bits per heavy atom. The number of hydrogen-bond acceptors (Lipinski definition) is 5. The Bertz CT molecular complexity index is 832. The number of carbonyl (C=O) groups is 2. The third-order valence-corrected chi connectivity index (χ3v) is 3.55. The van der Waals surface area contributed by atoms with Crippen LogP contribution in [0, 0.1) is 6.92 Å². The van der Waals surface area contributed by atoms with Crippen LogP contribution in [-0.4, -0.2) is 75.1 Å². The van der Waals surface area contributed by atoms with Gasteiger partial charge in [0.1, 0.15) is 17.8 Å². The van der Waals surface area contributed by atoms with Crippen LogP contribution in [0.15, 0.2) is 12.3 Å². The summed E-state index contributed by atoms with van der Waals surface area (Å²) in [6, 6.07) is 0.829. The number of hydrogen-bond donors (Lipinski definition) is 1. The summed E-state index contributed by atoms with van der Waals surface area (Å²) >= 11 is 0.